The van der Waals surface area contributed by atoms with Gasteiger partial charge < -0.3 is 29.8 Å². The fourth-order valence-corrected chi connectivity index (χ4v) is 1.68. The Kier molecular flexibility index (Phi) is 6.11. The van der Waals surface area contributed by atoms with Crippen molar-refractivity contribution in [1.82, 2.24) is 14.9 Å². The number of nitrogens with one attached hydrogen (secondary N) is 2. The summed E-state index contributed by atoms with van der Waals surface area (Å²) in [5.74, 6) is -1.89. The second-order valence-electron chi connectivity index (χ2n) is 5.93. The Morgan fingerprint density at radius 1 is 1.35 bits per heavy atom. The molecule has 9 nitrogen and oxygen atoms in total. The number of ether oxygens (including phenoxy) is 1. The van der Waals surface area contributed by atoms with Crippen LogP contribution < -0.4 is 15.7 Å². The Balaban J connectivity index is 2.31. The third-order valence-electron chi connectivity index (χ3n) is 2.58. The first-order valence-electron chi connectivity index (χ1n) is 7.10. The minimum atomic E-state index is -1.42. The highest BCUT2D eigenvalue weighted by atomic mass is 16.6. The fraction of sp³-hybridized carbons (Fsp3) is 0.571. The van der Waals surface area contributed by atoms with E-state index in [1.54, 1.807) is 20.8 Å². The van der Waals surface area contributed by atoms with Crippen LogP contribution in [0, 0.1) is 0 Å². The van der Waals surface area contributed by atoms with E-state index < -0.39 is 17.7 Å². The molecule has 0 bridgehead atoms. The number of carboxylic acid groups (broad SMARTS) is 1. The van der Waals surface area contributed by atoms with Gasteiger partial charge in [0.15, 0.2) is 11.6 Å². The van der Waals surface area contributed by atoms with Crippen molar-refractivity contribution in [2.75, 3.05) is 11.9 Å². The molecule has 1 aromatic rings. The first kappa shape index (κ1) is 18.5. The number of anilines is 1. The maximum absolute atomic E-state index is 11.7. The summed E-state index contributed by atoms with van der Waals surface area (Å²) in [7, 11) is 1.48. The number of nitrogens with zero attached hydrogens (tertiary/aromatic N) is 2. The van der Waals surface area contributed by atoms with Crippen LogP contribution in [-0.4, -0.2) is 39.7 Å². The van der Waals surface area contributed by atoms with E-state index in [0.717, 1.165) is 0 Å². The summed E-state index contributed by atoms with van der Waals surface area (Å²) in [5, 5.41) is 15.8. The van der Waals surface area contributed by atoms with Crippen molar-refractivity contribution in [2.45, 2.75) is 39.2 Å². The molecule has 9 heteroatoms. The predicted molar refractivity (Wildman–Crippen MR) is 79.6 cm³/mol. The number of imidazole rings is 1. The monoisotopic (exact) mass is 325 g/mol. The molecule has 1 rings (SSSR count). The first-order chi connectivity index (χ1) is 10.6. The largest absolute Gasteiger partial charge is 0.542 e. The van der Waals surface area contributed by atoms with Crippen LogP contribution in [0.15, 0.2) is 6.20 Å². The van der Waals surface area contributed by atoms with Crippen LogP contribution in [0.1, 0.15) is 44.2 Å². The molecular weight excluding hydrogens is 304 g/mol. The van der Waals surface area contributed by atoms with E-state index in [1.165, 1.54) is 17.8 Å². The molecule has 0 spiro atoms. The Bertz CT molecular complexity index is 588. The lowest BCUT2D eigenvalue weighted by molar-refractivity contribution is -0.256. The number of carboxylic acids is 1. The predicted octanol–water partition coefficient (Wildman–Crippen LogP) is 0.0270. The molecule has 0 atom stereocenters. The second-order valence-corrected chi connectivity index (χ2v) is 5.93. The van der Waals surface area contributed by atoms with Gasteiger partial charge in [0.2, 0.25) is 5.91 Å². The van der Waals surface area contributed by atoms with E-state index in [1.807, 2.05) is 0 Å². The number of aromatic nitrogens is 2. The van der Waals surface area contributed by atoms with E-state index in [4.69, 9.17) is 4.74 Å². The fourth-order valence-electron chi connectivity index (χ4n) is 1.68. The summed E-state index contributed by atoms with van der Waals surface area (Å²) in [4.78, 5) is 37.6. The van der Waals surface area contributed by atoms with Gasteiger partial charge in [0, 0.05) is 26.2 Å². The molecule has 0 unspecified atom stereocenters. The van der Waals surface area contributed by atoms with Gasteiger partial charge in [-0.1, -0.05) is 0 Å². The first-order valence-corrected chi connectivity index (χ1v) is 7.10. The summed E-state index contributed by atoms with van der Waals surface area (Å²) in [6.45, 7) is 5.56. The minimum Gasteiger partial charge on any atom is -0.542 e. The van der Waals surface area contributed by atoms with Crippen LogP contribution in [0.25, 0.3) is 0 Å². The number of rotatable bonds is 6. The normalized spacial score (nSPS) is 11.0. The number of aromatic carboxylic acids is 1. The average molecular weight is 325 g/mol. The minimum absolute atomic E-state index is 0.136. The summed E-state index contributed by atoms with van der Waals surface area (Å²) in [5.41, 5.74) is -0.572. The molecular formula is C14H21N4O5-. The number of hydrogen-bond donors (Lipinski definition) is 2. The summed E-state index contributed by atoms with van der Waals surface area (Å²) in [6, 6.07) is 0. The molecule has 0 aliphatic rings. The molecule has 128 valence electrons. The van der Waals surface area contributed by atoms with Crippen molar-refractivity contribution in [3.8, 4) is 0 Å². The van der Waals surface area contributed by atoms with Crippen LogP contribution in [0.5, 0.6) is 0 Å². The van der Waals surface area contributed by atoms with Gasteiger partial charge in [0.05, 0.1) is 0 Å². The molecule has 0 aromatic carbocycles. The smallest absolute Gasteiger partial charge is 0.407 e. The molecule has 1 aromatic heterocycles. The van der Waals surface area contributed by atoms with Crippen molar-refractivity contribution in [3.05, 3.63) is 12.0 Å². The highest BCUT2D eigenvalue weighted by Gasteiger charge is 2.15. The molecule has 0 aliphatic heterocycles. The van der Waals surface area contributed by atoms with Gasteiger partial charge >= 0.3 is 6.09 Å². The van der Waals surface area contributed by atoms with E-state index in [9.17, 15) is 19.5 Å². The number of carbonyl (C=O) groups is 3. The number of carbonyl (C=O) groups excluding carboxylic acids is 3. The Morgan fingerprint density at radius 2 is 2.00 bits per heavy atom. The summed E-state index contributed by atoms with van der Waals surface area (Å²) in [6.07, 6.45) is 1.39. The van der Waals surface area contributed by atoms with Gasteiger partial charge in [0.1, 0.15) is 11.6 Å². The van der Waals surface area contributed by atoms with Crippen LogP contribution in [0.3, 0.4) is 0 Å². The molecule has 0 radical (unpaired) electrons. The molecule has 2 N–H and O–H groups in total. The highest BCUT2D eigenvalue weighted by Crippen LogP contribution is 2.08. The number of aryl methyl sites for hydroxylation is 1. The zero-order valence-electron chi connectivity index (χ0n) is 13.6. The quantitative estimate of drug-likeness (QED) is 0.711. The Hall–Kier alpha value is -2.58. The van der Waals surface area contributed by atoms with Gasteiger partial charge in [-0.2, -0.15) is 0 Å². The zero-order chi connectivity index (χ0) is 17.6. The number of hydrogen-bond acceptors (Lipinski definition) is 6. The van der Waals surface area contributed by atoms with Crippen LogP contribution in [-0.2, 0) is 16.6 Å². The zero-order valence-corrected chi connectivity index (χ0v) is 13.6. The van der Waals surface area contributed by atoms with E-state index in [0.29, 0.717) is 6.42 Å². The van der Waals surface area contributed by atoms with Crippen LogP contribution in [0.4, 0.5) is 10.6 Å². The second kappa shape index (κ2) is 7.61. The van der Waals surface area contributed by atoms with Gasteiger partial charge in [-0.3, -0.25) is 4.79 Å². The van der Waals surface area contributed by atoms with E-state index >= 15 is 0 Å². The van der Waals surface area contributed by atoms with Gasteiger partial charge in [0.25, 0.3) is 0 Å². The summed E-state index contributed by atoms with van der Waals surface area (Å²) < 4.78 is 6.30. The molecule has 0 saturated heterocycles. The Labute approximate surface area is 134 Å². The van der Waals surface area contributed by atoms with Gasteiger partial charge in [-0.15, -0.1) is 0 Å². The van der Waals surface area contributed by atoms with Crippen molar-refractivity contribution in [3.63, 3.8) is 0 Å². The third kappa shape index (κ3) is 6.81. The molecule has 0 saturated carbocycles. The topological polar surface area (TPSA) is 125 Å². The van der Waals surface area contributed by atoms with Crippen molar-refractivity contribution < 1.29 is 24.2 Å². The standard InChI is InChI=1S/C14H22N4O5/c1-14(2,3)23-13(22)15-7-5-6-10(19)16-9-8-18(4)11(17-9)12(20)21/h8H,5-7H2,1-4H3,(H,15,22)(H,16,19)(H,20,21)/p-1. The van der Waals surface area contributed by atoms with Crippen molar-refractivity contribution >= 4 is 23.8 Å². The Morgan fingerprint density at radius 3 is 2.52 bits per heavy atom. The lowest BCUT2D eigenvalue weighted by atomic mass is 10.2. The maximum Gasteiger partial charge on any atom is 0.407 e. The van der Waals surface area contributed by atoms with E-state index in [2.05, 4.69) is 15.6 Å². The number of amides is 2. The molecule has 23 heavy (non-hydrogen) atoms. The lowest BCUT2D eigenvalue weighted by Crippen LogP contribution is -2.33. The average Bonchev–Trinajstić information content (AvgIpc) is 2.73. The lowest BCUT2D eigenvalue weighted by Gasteiger charge is -2.19. The van der Waals surface area contributed by atoms with Gasteiger partial charge in [-0.05, 0) is 27.2 Å². The molecule has 0 fully saturated rings. The number of alkyl carbamates (subject to hydrolysis) is 1. The summed E-state index contributed by atoms with van der Waals surface area (Å²) >= 11 is 0. The SMILES string of the molecule is Cn1cc(NC(=O)CCCNC(=O)OC(C)(C)C)nc1C(=O)[O-]. The van der Waals surface area contributed by atoms with Crippen molar-refractivity contribution in [2.24, 2.45) is 7.05 Å². The molecule has 1 heterocycles. The van der Waals surface area contributed by atoms with Gasteiger partial charge in [-0.25, -0.2) is 9.78 Å². The molecule has 2 amide bonds. The highest BCUT2D eigenvalue weighted by molar-refractivity contribution is 5.90. The van der Waals surface area contributed by atoms with E-state index in [-0.39, 0.29) is 30.5 Å². The van der Waals surface area contributed by atoms with Crippen LogP contribution in [0.2, 0.25) is 0 Å². The third-order valence-corrected chi connectivity index (χ3v) is 2.58. The van der Waals surface area contributed by atoms with Crippen molar-refractivity contribution in [1.29, 1.82) is 0 Å². The maximum atomic E-state index is 11.7. The van der Waals surface area contributed by atoms with Crippen LogP contribution >= 0.6 is 0 Å². The molecule has 0 aliphatic carbocycles.